The molecule has 1 heterocycles. The van der Waals surface area contributed by atoms with Gasteiger partial charge in [-0.2, -0.15) is 0 Å². The Morgan fingerprint density at radius 2 is 2.06 bits per heavy atom. The van der Waals surface area contributed by atoms with E-state index in [4.69, 9.17) is 0 Å². The minimum Gasteiger partial charge on any atom is -0.316 e. The lowest BCUT2D eigenvalue weighted by atomic mass is 10.00. The minimum atomic E-state index is -0.195. The summed E-state index contributed by atoms with van der Waals surface area (Å²) in [6.45, 7) is 2.67. The van der Waals surface area contributed by atoms with Crippen LogP contribution in [-0.2, 0) is 6.54 Å². The predicted molar refractivity (Wildman–Crippen MR) is 67.1 cm³/mol. The van der Waals surface area contributed by atoms with Crippen LogP contribution in [0.2, 0.25) is 0 Å². The Morgan fingerprint density at radius 1 is 1.24 bits per heavy atom. The summed E-state index contributed by atoms with van der Waals surface area (Å²) in [5.74, 6) is -0.195. The van der Waals surface area contributed by atoms with Crippen molar-refractivity contribution in [2.75, 3.05) is 7.05 Å². The van der Waals surface area contributed by atoms with Crippen LogP contribution in [-0.4, -0.2) is 12.0 Å². The highest BCUT2D eigenvalue weighted by atomic mass is 19.1. The molecule has 0 aliphatic carbocycles. The Kier molecular flexibility index (Phi) is 3.49. The molecule has 1 aromatic carbocycles. The quantitative estimate of drug-likeness (QED) is 0.877. The number of aryl methyl sites for hydroxylation is 1. The summed E-state index contributed by atoms with van der Waals surface area (Å²) in [6, 6.07) is 7.04. The lowest BCUT2D eigenvalue weighted by Gasteiger charge is -2.09. The van der Waals surface area contributed by atoms with E-state index in [1.807, 2.05) is 26.1 Å². The van der Waals surface area contributed by atoms with Crippen LogP contribution < -0.4 is 5.32 Å². The third kappa shape index (κ3) is 2.50. The van der Waals surface area contributed by atoms with Gasteiger partial charge < -0.3 is 5.32 Å². The molecule has 2 rings (SSSR count). The van der Waals surface area contributed by atoms with Gasteiger partial charge in [0.15, 0.2) is 0 Å². The van der Waals surface area contributed by atoms with Crippen LogP contribution in [0.15, 0.2) is 36.7 Å². The average Bonchev–Trinajstić information content (AvgIpc) is 2.33. The predicted octanol–water partition coefficient (Wildman–Crippen LogP) is 2.92. The largest absolute Gasteiger partial charge is 0.316 e. The van der Waals surface area contributed by atoms with Crippen molar-refractivity contribution in [3.63, 3.8) is 0 Å². The van der Waals surface area contributed by atoms with Gasteiger partial charge in [0.25, 0.3) is 0 Å². The second-order valence-electron chi connectivity index (χ2n) is 4.04. The Hall–Kier alpha value is -1.74. The van der Waals surface area contributed by atoms with E-state index < -0.39 is 0 Å². The monoisotopic (exact) mass is 230 g/mol. The molecule has 3 heteroatoms. The second kappa shape index (κ2) is 5.06. The molecule has 0 saturated carbocycles. The zero-order chi connectivity index (χ0) is 12.3. The highest BCUT2D eigenvalue weighted by molar-refractivity contribution is 5.67. The number of benzene rings is 1. The molecule has 0 saturated heterocycles. The van der Waals surface area contributed by atoms with Gasteiger partial charge in [0.2, 0.25) is 0 Å². The standard InChI is InChI=1S/C14H15FN2/c1-10-8-17-6-5-12(10)13-7-11(9-16-2)3-4-14(13)15/h3-8,16H,9H2,1-2H3. The van der Waals surface area contributed by atoms with Gasteiger partial charge in [0, 0.05) is 24.5 Å². The number of hydrogen-bond acceptors (Lipinski definition) is 2. The third-order valence-electron chi connectivity index (χ3n) is 2.72. The molecule has 0 unspecified atom stereocenters. The lowest BCUT2D eigenvalue weighted by molar-refractivity contribution is 0.630. The first-order valence-electron chi connectivity index (χ1n) is 5.56. The van der Waals surface area contributed by atoms with Crippen molar-refractivity contribution in [1.82, 2.24) is 10.3 Å². The van der Waals surface area contributed by atoms with Gasteiger partial charge in [0.1, 0.15) is 5.82 Å². The summed E-state index contributed by atoms with van der Waals surface area (Å²) in [5.41, 5.74) is 3.58. The Morgan fingerprint density at radius 3 is 2.76 bits per heavy atom. The Balaban J connectivity index is 2.51. The summed E-state index contributed by atoms with van der Waals surface area (Å²) < 4.78 is 13.8. The summed E-state index contributed by atoms with van der Waals surface area (Å²) in [5, 5.41) is 3.06. The minimum absolute atomic E-state index is 0.195. The molecule has 0 bridgehead atoms. The third-order valence-corrected chi connectivity index (χ3v) is 2.72. The van der Waals surface area contributed by atoms with E-state index in [0.717, 1.165) is 23.2 Å². The van der Waals surface area contributed by atoms with E-state index in [9.17, 15) is 4.39 Å². The summed E-state index contributed by atoms with van der Waals surface area (Å²) in [7, 11) is 1.88. The van der Waals surface area contributed by atoms with Crippen LogP contribution in [0.5, 0.6) is 0 Å². The summed E-state index contributed by atoms with van der Waals surface area (Å²) >= 11 is 0. The molecule has 2 aromatic rings. The molecule has 0 aliphatic rings. The Labute approximate surface area is 101 Å². The maximum atomic E-state index is 13.8. The van der Waals surface area contributed by atoms with Crippen molar-refractivity contribution in [2.24, 2.45) is 0 Å². The fourth-order valence-corrected chi connectivity index (χ4v) is 1.87. The van der Waals surface area contributed by atoms with Crippen LogP contribution in [0.1, 0.15) is 11.1 Å². The highest BCUT2D eigenvalue weighted by Gasteiger charge is 2.08. The van der Waals surface area contributed by atoms with Crippen molar-refractivity contribution in [3.05, 3.63) is 53.6 Å². The van der Waals surface area contributed by atoms with Crippen LogP contribution >= 0.6 is 0 Å². The number of nitrogens with zero attached hydrogens (tertiary/aromatic N) is 1. The molecule has 0 radical (unpaired) electrons. The molecule has 1 aromatic heterocycles. The zero-order valence-corrected chi connectivity index (χ0v) is 10.00. The summed E-state index contributed by atoms with van der Waals surface area (Å²) in [4.78, 5) is 4.02. The molecule has 0 spiro atoms. The maximum Gasteiger partial charge on any atom is 0.131 e. The van der Waals surface area contributed by atoms with E-state index in [-0.39, 0.29) is 5.82 Å². The number of pyridine rings is 1. The fourth-order valence-electron chi connectivity index (χ4n) is 1.87. The molecule has 17 heavy (non-hydrogen) atoms. The van der Waals surface area contributed by atoms with Gasteiger partial charge in [-0.1, -0.05) is 6.07 Å². The first-order valence-corrected chi connectivity index (χ1v) is 5.56. The van der Waals surface area contributed by atoms with Crippen LogP contribution in [0.3, 0.4) is 0 Å². The number of nitrogens with one attached hydrogen (secondary N) is 1. The van der Waals surface area contributed by atoms with E-state index in [1.165, 1.54) is 6.07 Å². The Bertz CT molecular complexity index is 523. The van der Waals surface area contributed by atoms with Crippen LogP contribution in [0.25, 0.3) is 11.1 Å². The van der Waals surface area contributed by atoms with E-state index in [0.29, 0.717) is 5.56 Å². The second-order valence-corrected chi connectivity index (χ2v) is 4.04. The van der Waals surface area contributed by atoms with E-state index in [1.54, 1.807) is 18.5 Å². The number of hydrogen-bond donors (Lipinski definition) is 1. The maximum absolute atomic E-state index is 13.8. The molecule has 0 fully saturated rings. The normalized spacial score (nSPS) is 10.5. The van der Waals surface area contributed by atoms with Crippen molar-refractivity contribution < 1.29 is 4.39 Å². The first kappa shape index (κ1) is 11.7. The van der Waals surface area contributed by atoms with Gasteiger partial charge in [-0.25, -0.2) is 4.39 Å². The van der Waals surface area contributed by atoms with Gasteiger partial charge in [0.05, 0.1) is 0 Å². The van der Waals surface area contributed by atoms with Gasteiger partial charge in [-0.3, -0.25) is 4.98 Å². The van der Waals surface area contributed by atoms with Crippen LogP contribution in [0, 0.1) is 12.7 Å². The zero-order valence-electron chi connectivity index (χ0n) is 10.00. The van der Waals surface area contributed by atoms with Crippen molar-refractivity contribution >= 4 is 0 Å². The smallest absolute Gasteiger partial charge is 0.131 e. The molecule has 2 nitrogen and oxygen atoms in total. The first-order chi connectivity index (χ1) is 8.22. The summed E-state index contributed by atoms with van der Waals surface area (Å²) in [6.07, 6.45) is 3.44. The number of rotatable bonds is 3. The van der Waals surface area contributed by atoms with E-state index in [2.05, 4.69) is 10.3 Å². The molecular formula is C14H15FN2. The van der Waals surface area contributed by atoms with Crippen molar-refractivity contribution in [2.45, 2.75) is 13.5 Å². The topological polar surface area (TPSA) is 24.9 Å². The number of halogens is 1. The van der Waals surface area contributed by atoms with Crippen LogP contribution in [0.4, 0.5) is 4.39 Å². The fraction of sp³-hybridized carbons (Fsp3) is 0.214. The molecule has 1 N–H and O–H groups in total. The van der Waals surface area contributed by atoms with E-state index >= 15 is 0 Å². The molecule has 0 atom stereocenters. The van der Waals surface area contributed by atoms with Gasteiger partial charge in [-0.05, 0) is 48.9 Å². The lowest BCUT2D eigenvalue weighted by Crippen LogP contribution is -2.05. The molecule has 88 valence electrons. The van der Waals surface area contributed by atoms with Crippen molar-refractivity contribution in [3.8, 4) is 11.1 Å². The molecular weight excluding hydrogens is 215 g/mol. The molecule has 0 amide bonds. The van der Waals surface area contributed by atoms with Gasteiger partial charge in [-0.15, -0.1) is 0 Å². The van der Waals surface area contributed by atoms with Gasteiger partial charge >= 0.3 is 0 Å². The average molecular weight is 230 g/mol. The van der Waals surface area contributed by atoms with Crippen molar-refractivity contribution in [1.29, 1.82) is 0 Å². The highest BCUT2D eigenvalue weighted by Crippen LogP contribution is 2.26. The SMILES string of the molecule is CNCc1ccc(F)c(-c2ccncc2C)c1. The molecule has 0 aliphatic heterocycles. The number of aromatic nitrogens is 1.